The molecule has 0 saturated heterocycles. The molecular formula is C13H16Br2O4. The van der Waals surface area contributed by atoms with Crippen LogP contribution in [0.4, 0.5) is 0 Å². The van der Waals surface area contributed by atoms with Gasteiger partial charge in [-0.1, -0.05) is 35.7 Å². The van der Waals surface area contributed by atoms with Crippen molar-refractivity contribution in [2.75, 3.05) is 0 Å². The number of carbonyl (C=O) groups excluding carboxylic acids is 2. The molecule has 0 fully saturated rings. The highest BCUT2D eigenvalue weighted by Gasteiger charge is 2.35. The molecule has 0 N–H and O–H groups in total. The van der Waals surface area contributed by atoms with E-state index in [0.29, 0.717) is 22.2 Å². The van der Waals surface area contributed by atoms with Gasteiger partial charge in [0.25, 0.3) is 0 Å². The van der Waals surface area contributed by atoms with Crippen molar-refractivity contribution in [2.45, 2.75) is 45.6 Å². The molecule has 1 atom stereocenters. The fourth-order valence-electron chi connectivity index (χ4n) is 1.81. The number of esters is 2. The highest BCUT2D eigenvalue weighted by atomic mass is 79.9. The molecule has 106 valence electrons. The highest BCUT2D eigenvalue weighted by molar-refractivity contribution is 9.12. The monoisotopic (exact) mass is 394 g/mol. The van der Waals surface area contributed by atoms with Gasteiger partial charge in [-0.3, -0.25) is 4.79 Å². The normalized spacial score (nSPS) is 18.7. The maximum Gasteiger partial charge on any atom is 0.344 e. The van der Waals surface area contributed by atoms with Gasteiger partial charge in [-0.15, -0.1) is 0 Å². The first-order valence-corrected chi connectivity index (χ1v) is 7.81. The van der Waals surface area contributed by atoms with Gasteiger partial charge in [-0.25, -0.2) is 4.79 Å². The maximum absolute atomic E-state index is 11.8. The third-order valence-corrected chi connectivity index (χ3v) is 3.91. The minimum Gasteiger partial charge on any atom is -0.457 e. The molecule has 0 aromatic carbocycles. The second-order valence-corrected chi connectivity index (χ2v) is 5.44. The van der Waals surface area contributed by atoms with Crippen molar-refractivity contribution in [3.8, 4) is 0 Å². The van der Waals surface area contributed by atoms with Crippen LogP contribution < -0.4 is 0 Å². The molecule has 0 amide bonds. The summed E-state index contributed by atoms with van der Waals surface area (Å²) in [4.78, 5) is 24.5. The Balaban J connectivity index is 2.92. The first-order valence-electron chi connectivity index (χ1n) is 6.11. The predicted octanol–water partition coefficient (Wildman–Crippen LogP) is 3.94. The van der Waals surface area contributed by atoms with Gasteiger partial charge in [0.15, 0.2) is 5.76 Å². The molecule has 19 heavy (non-hydrogen) atoms. The summed E-state index contributed by atoms with van der Waals surface area (Å²) in [5.41, 5.74) is 0.372. The quantitative estimate of drug-likeness (QED) is 0.504. The third-order valence-electron chi connectivity index (χ3n) is 2.67. The van der Waals surface area contributed by atoms with Crippen LogP contribution in [0.2, 0.25) is 0 Å². The van der Waals surface area contributed by atoms with Crippen LogP contribution in [0.15, 0.2) is 20.8 Å². The Bertz CT molecular complexity index is 426. The Hall–Kier alpha value is -0.620. The van der Waals surface area contributed by atoms with Crippen molar-refractivity contribution in [1.29, 1.82) is 0 Å². The van der Waals surface area contributed by atoms with Crippen LogP contribution in [0.5, 0.6) is 0 Å². The smallest absolute Gasteiger partial charge is 0.344 e. The molecule has 1 rings (SSSR count). The molecule has 0 saturated carbocycles. The lowest BCUT2D eigenvalue weighted by Crippen LogP contribution is -2.23. The summed E-state index contributed by atoms with van der Waals surface area (Å²) in [7, 11) is 0. The van der Waals surface area contributed by atoms with Crippen LogP contribution >= 0.6 is 31.9 Å². The lowest BCUT2D eigenvalue weighted by molar-refractivity contribution is -0.146. The van der Waals surface area contributed by atoms with E-state index in [1.54, 1.807) is 0 Å². The number of carbonyl (C=O) groups is 2. The molecule has 0 spiro atoms. The first kappa shape index (κ1) is 16.4. The Kier molecular flexibility index (Phi) is 6.79. The summed E-state index contributed by atoms with van der Waals surface area (Å²) in [5, 5.41) is 0. The summed E-state index contributed by atoms with van der Waals surface area (Å²) < 4.78 is 10.9. The number of cyclic esters (lactones) is 1. The number of unbranched alkanes of at least 4 members (excludes halogenated alkanes) is 2. The number of hydrogen-bond acceptors (Lipinski definition) is 4. The fraction of sp³-hybridized carbons (Fsp3) is 0.538. The number of allylic oxidation sites excluding steroid dienone is 1. The molecule has 1 aliphatic heterocycles. The second kappa shape index (κ2) is 7.85. The van der Waals surface area contributed by atoms with Crippen LogP contribution in [0.3, 0.4) is 0 Å². The van der Waals surface area contributed by atoms with Gasteiger partial charge in [0.1, 0.15) is 6.10 Å². The van der Waals surface area contributed by atoms with Crippen LogP contribution in [-0.2, 0) is 19.1 Å². The number of halogens is 2. The van der Waals surface area contributed by atoms with E-state index in [2.05, 4.69) is 38.8 Å². The van der Waals surface area contributed by atoms with Gasteiger partial charge in [0.2, 0.25) is 0 Å². The largest absolute Gasteiger partial charge is 0.457 e. The Morgan fingerprint density at radius 2 is 2.16 bits per heavy atom. The van der Waals surface area contributed by atoms with Crippen molar-refractivity contribution < 1.29 is 19.1 Å². The van der Waals surface area contributed by atoms with E-state index in [0.717, 1.165) is 19.3 Å². The van der Waals surface area contributed by atoms with Gasteiger partial charge in [0, 0.05) is 11.9 Å². The Morgan fingerprint density at radius 1 is 1.47 bits per heavy atom. The standard InChI is InChI=1S/C13H16Br2O4/c1-3-4-5-6-9(18-8(2)16)11-12(15)10(7-14)19-13(11)17/h7,9H,3-6H2,1-2H3/b10-7-. The number of rotatable bonds is 6. The van der Waals surface area contributed by atoms with Crippen molar-refractivity contribution in [1.82, 2.24) is 0 Å². The summed E-state index contributed by atoms with van der Waals surface area (Å²) in [6.45, 7) is 3.42. The summed E-state index contributed by atoms with van der Waals surface area (Å²) in [5.74, 6) is -0.480. The molecule has 1 unspecified atom stereocenters. The molecule has 0 aromatic heterocycles. The average molecular weight is 396 g/mol. The molecule has 1 heterocycles. The number of ether oxygens (including phenoxy) is 2. The zero-order chi connectivity index (χ0) is 14.4. The van der Waals surface area contributed by atoms with E-state index in [4.69, 9.17) is 9.47 Å². The van der Waals surface area contributed by atoms with E-state index < -0.39 is 18.0 Å². The first-order chi connectivity index (χ1) is 9.01. The molecule has 0 aliphatic carbocycles. The topological polar surface area (TPSA) is 52.6 Å². The summed E-state index contributed by atoms with van der Waals surface area (Å²) >= 11 is 6.44. The van der Waals surface area contributed by atoms with Crippen molar-refractivity contribution in [2.24, 2.45) is 0 Å². The zero-order valence-electron chi connectivity index (χ0n) is 10.9. The van der Waals surface area contributed by atoms with E-state index in [-0.39, 0.29) is 0 Å². The van der Waals surface area contributed by atoms with E-state index in [9.17, 15) is 9.59 Å². The highest BCUT2D eigenvalue weighted by Crippen LogP contribution is 2.35. The van der Waals surface area contributed by atoms with E-state index >= 15 is 0 Å². The Morgan fingerprint density at radius 3 is 2.63 bits per heavy atom. The summed E-state index contributed by atoms with van der Waals surface area (Å²) in [6.07, 6.45) is 3.03. The SMILES string of the molecule is CCCCCC(OC(C)=O)C1=C(Br)/C(=C/Br)OC1=O. The maximum atomic E-state index is 11.8. The van der Waals surface area contributed by atoms with E-state index in [1.807, 2.05) is 0 Å². The van der Waals surface area contributed by atoms with Gasteiger partial charge in [-0.2, -0.15) is 0 Å². The lowest BCUT2D eigenvalue weighted by atomic mass is 10.0. The third kappa shape index (κ3) is 4.45. The minimum atomic E-state index is -0.559. The van der Waals surface area contributed by atoms with Crippen LogP contribution in [-0.4, -0.2) is 18.0 Å². The zero-order valence-corrected chi connectivity index (χ0v) is 14.0. The van der Waals surface area contributed by atoms with Gasteiger partial charge >= 0.3 is 11.9 Å². The Labute approximate surface area is 129 Å². The molecule has 0 bridgehead atoms. The van der Waals surface area contributed by atoms with Gasteiger partial charge in [-0.05, 0) is 28.8 Å². The average Bonchev–Trinajstić information content (AvgIpc) is 2.63. The van der Waals surface area contributed by atoms with Crippen LogP contribution in [0, 0.1) is 0 Å². The van der Waals surface area contributed by atoms with Gasteiger partial charge < -0.3 is 9.47 Å². The predicted molar refractivity (Wildman–Crippen MR) is 78.8 cm³/mol. The fourth-order valence-corrected chi connectivity index (χ4v) is 3.05. The van der Waals surface area contributed by atoms with Crippen molar-refractivity contribution in [3.63, 3.8) is 0 Å². The molecule has 1 aliphatic rings. The second-order valence-electron chi connectivity index (χ2n) is 4.18. The minimum absolute atomic E-state index is 0.372. The van der Waals surface area contributed by atoms with Crippen molar-refractivity contribution in [3.05, 3.63) is 20.8 Å². The summed E-state index contributed by atoms with van der Waals surface area (Å²) in [6, 6.07) is 0. The van der Waals surface area contributed by atoms with Crippen LogP contribution in [0.1, 0.15) is 39.5 Å². The van der Waals surface area contributed by atoms with Crippen molar-refractivity contribution >= 4 is 43.8 Å². The van der Waals surface area contributed by atoms with Crippen LogP contribution in [0.25, 0.3) is 0 Å². The lowest BCUT2D eigenvalue weighted by Gasteiger charge is -2.16. The number of hydrogen-bond donors (Lipinski definition) is 0. The van der Waals surface area contributed by atoms with Gasteiger partial charge in [0.05, 0.1) is 10.1 Å². The molecule has 0 aromatic rings. The molecular weight excluding hydrogens is 380 g/mol. The molecule has 0 radical (unpaired) electrons. The van der Waals surface area contributed by atoms with E-state index in [1.165, 1.54) is 11.9 Å². The molecule has 4 nitrogen and oxygen atoms in total. The molecule has 6 heteroatoms.